The van der Waals surface area contributed by atoms with Crippen molar-refractivity contribution in [3.63, 3.8) is 0 Å². The van der Waals surface area contributed by atoms with Crippen LogP contribution in [0.1, 0.15) is 29.3 Å². The first-order valence-electron chi connectivity index (χ1n) is 8.71. The number of amidine groups is 2. The average molecular weight is 435 g/mol. The first-order chi connectivity index (χ1) is 14.1. The monoisotopic (exact) mass is 434 g/mol. The molecule has 2 aliphatic rings. The molecule has 7 nitrogen and oxygen atoms in total. The number of pyridine rings is 1. The number of rotatable bonds is 2. The summed E-state index contributed by atoms with van der Waals surface area (Å²) in [6.07, 6.45) is 1.33. The number of nitrogens with two attached hydrogens (primary N) is 1. The molecule has 0 aliphatic carbocycles. The van der Waals surface area contributed by atoms with Gasteiger partial charge >= 0.3 is 5.92 Å². The van der Waals surface area contributed by atoms with Crippen LogP contribution in [0.25, 0.3) is 0 Å². The third-order valence-electron chi connectivity index (χ3n) is 5.02. The molecule has 0 spiro atoms. The molecule has 0 fully saturated rings. The number of hydrogen-bond donors (Lipinski definition) is 2. The van der Waals surface area contributed by atoms with Gasteiger partial charge in [0.15, 0.2) is 18.0 Å². The molecule has 2 aromatic rings. The Morgan fingerprint density at radius 2 is 2.10 bits per heavy atom. The van der Waals surface area contributed by atoms with Gasteiger partial charge < -0.3 is 15.8 Å². The van der Waals surface area contributed by atoms with Crippen molar-refractivity contribution in [3.8, 4) is 6.07 Å². The average Bonchev–Trinajstić information content (AvgIpc) is 2.70. The Kier molecular flexibility index (Phi) is 4.58. The molecule has 0 radical (unpaired) electrons. The molecular formula is C19H14ClF3N6O. The lowest BCUT2D eigenvalue weighted by Crippen LogP contribution is -2.51. The normalized spacial score (nSPS) is 22.0. The van der Waals surface area contributed by atoms with Crippen LogP contribution < -0.4 is 11.1 Å². The molecule has 2 aliphatic heterocycles. The van der Waals surface area contributed by atoms with Crippen molar-refractivity contribution in [2.24, 2.45) is 15.7 Å². The fourth-order valence-corrected chi connectivity index (χ4v) is 3.53. The van der Waals surface area contributed by atoms with E-state index in [0.717, 1.165) is 13.0 Å². The van der Waals surface area contributed by atoms with Crippen molar-refractivity contribution in [1.82, 2.24) is 4.98 Å². The van der Waals surface area contributed by atoms with Gasteiger partial charge in [0, 0.05) is 23.0 Å². The van der Waals surface area contributed by atoms with Crippen LogP contribution in [0.5, 0.6) is 0 Å². The van der Waals surface area contributed by atoms with E-state index in [-0.39, 0.29) is 34.2 Å². The number of alkyl halides is 2. The van der Waals surface area contributed by atoms with E-state index in [1.807, 2.05) is 6.07 Å². The molecule has 0 saturated heterocycles. The van der Waals surface area contributed by atoms with Crippen molar-refractivity contribution in [2.75, 3.05) is 11.9 Å². The van der Waals surface area contributed by atoms with E-state index in [0.29, 0.717) is 11.3 Å². The van der Waals surface area contributed by atoms with E-state index in [1.54, 1.807) is 0 Å². The zero-order chi connectivity index (χ0) is 21.7. The van der Waals surface area contributed by atoms with Crippen molar-refractivity contribution in [2.45, 2.75) is 24.9 Å². The number of ether oxygens (including phenoxy) is 1. The Labute approximate surface area is 174 Å². The number of halogens is 4. The van der Waals surface area contributed by atoms with Crippen LogP contribution in [-0.4, -0.2) is 29.4 Å². The largest absolute Gasteiger partial charge is 0.459 e. The molecule has 3 N–H and O–H groups in total. The topological polar surface area (TPSA) is 109 Å². The smallest absolute Gasteiger partial charge is 0.310 e. The molecule has 30 heavy (non-hydrogen) atoms. The molecule has 3 heterocycles. The Morgan fingerprint density at radius 1 is 1.33 bits per heavy atom. The van der Waals surface area contributed by atoms with Gasteiger partial charge in [-0.2, -0.15) is 14.0 Å². The van der Waals surface area contributed by atoms with Gasteiger partial charge in [-0.25, -0.2) is 9.38 Å². The fraction of sp³-hybridized carbons (Fsp3) is 0.263. The van der Waals surface area contributed by atoms with Gasteiger partial charge in [0.2, 0.25) is 0 Å². The number of hydrogen-bond acceptors (Lipinski definition) is 7. The van der Waals surface area contributed by atoms with Gasteiger partial charge in [-0.1, -0.05) is 11.6 Å². The lowest BCUT2D eigenvalue weighted by molar-refractivity contribution is -0.117. The minimum Gasteiger partial charge on any atom is -0.459 e. The summed E-state index contributed by atoms with van der Waals surface area (Å²) in [4.78, 5) is 12.1. The molecule has 154 valence electrons. The Balaban J connectivity index is 1.76. The summed E-state index contributed by atoms with van der Waals surface area (Å²) in [5.41, 5.74) is 4.25. The van der Waals surface area contributed by atoms with Gasteiger partial charge in [-0.15, -0.1) is 0 Å². The second-order valence-electron chi connectivity index (χ2n) is 6.96. The molecule has 1 aromatic carbocycles. The molecule has 0 unspecified atom stereocenters. The highest BCUT2D eigenvalue weighted by molar-refractivity contribution is 6.34. The zero-order valence-electron chi connectivity index (χ0n) is 15.5. The van der Waals surface area contributed by atoms with Gasteiger partial charge in [0.25, 0.3) is 6.02 Å². The highest BCUT2D eigenvalue weighted by atomic mass is 35.5. The lowest BCUT2D eigenvalue weighted by Gasteiger charge is -2.38. The van der Waals surface area contributed by atoms with Crippen LogP contribution >= 0.6 is 11.6 Å². The number of nitrogens with zero attached hydrogens (tertiary/aromatic N) is 4. The number of anilines is 1. The van der Waals surface area contributed by atoms with Crippen LogP contribution in [0.2, 0.25) is 5.02 Å². The summed E-state index contributed by atoms with van der Waals surface area (Å²) in [6.45, 7) is 0.165. The summed E-state index contributed by atoms with van der Waals surface area (Å²) in [7, 11) is 0. The second kappa shape index (κ2) is 6.88. The molecular weight excluding hydrogens is 421 g/mol. The van der Waals surface area contributed by atoms with E-state index in [9.17, 15) is 13.2 Å². The Hall–Kier alpha value is -3.32. The minimum atomic E-state index is -3.49. The maximum Gasteiger partial charge on any atom is 0.310 e. The highest BCUT2D eigenvalue weighted by Crippen LogP contribution is 2.45. The molecule has 0 amide bonds. The predicted octanol–water partition coefficient (Wildman–Crippen LogP) is 3.31. The summed E-state index contributed by atoms with van der Waals surface area (Å²) in [5, 5.41) is 12.1. The van der Waals surface area contributed by atoms with Gasteiger partial charge in [0.1, 0.15) is 17.6 Å². The third-order valence-corrected chi connectivity index (χ3v) is 5.31. The van der Waals surface area contributed by atoms with Crippen LogP contribution in [0.3, 0.4) is 0 Å². The number of nitrogens with one attached hydrogen (secondary N) is 1. The van der Waals surface area contributed by atoms with Crippen LogP contribution in [0.15, 0.2) is 34.4 Å². The summed E-state index contributed by atoms with van der Waals surface area (Å²) in [6, 6.07) is 5.31. The molecule has 1 aromatic heterocycles. The van der Waals surface area contributed by atoms with Crippen LogP contribution in [0, 0.1) is 17.1 Å². The SMILES string of the molecule is C[C@]1(c2cc3c(cc2F)CN=C(c2ncc(C#N)cc2Cl)N3)N=C(N)OCC1(F)F. The molecule has 0 bridgehead atoms. The van der Waals surface area contributed by atoms with Crippen LogP contribution in [-0.2, 0) is 16.8 Å². The number of aromatic nitrogens is 1. The molecule has 11 heteroatoms. The van der Waals surface area contributed by atoms with Gasteiger partial charge in [-0.3, -0.25) is 9.98 Å². The minimum absolute atomic E-state index is 0.0779. The molecule has 1 atom stereocenters. The number of aliphatic imine (C=N–C) groups is 2. The van der Waals surface area contributed by atoms with Crippen molar-refractivity contribution >= 4 is 29.1 Å². The third kappa shape index (κ3) is 3.11. The van der Waals surface area contributed by atoms with Crippen molar-refractivity contribution in [1.29, 1.82) is 5.26 Å². The highest BCUT2D eigenvalue weighted by Gasteiger charge is 2.56. The van der Waals surface area contributed by atoms with E-state index < -0.39 is 29.9 Å². The Morgan fingerprint density at radius 3 is 2.80 bits per heavy atom. The number of nitriles is 1. The number of fused-ring (bicyclic) bond motifs is 1. The zero-order valence-corrected chi connectivity index (χ0v) is 16.3. The summed E-state index contributed by atoms with van der Waals surface area (Å²) >= 11 is 6.18. The summed E-state index contributed by atoms with van der Waals surface area (Å²) in [5.74, 6) is -4.08. The van der Waals surface area contributed by atoms with Crippen molar-refractivity contribution in [3.05, 3.63) is 57.6 Å². The summed E-state index contributed by atoms with van der Waals surface area (Å²) < 4.78 is 48.7. The number of benzene rings is 1. The van der Waals surface area contributed by atoms with E-state index in [2.05, 4.69) is 25.0 Å². The van der Waals surface area contributed by atoms with Crippen molar-refractivity contribution < 1.29 is 17.9 Å². The predicted molar refractivity (Wildman–Crippen MR) is 104 cm³/mol. The fourth-order valence-electron chi connectivity index (χ4n) is 3.27. The van der Waals surface area contributed by atoms with Gasteiger partial charge in [0.05, 0.1) is 17.1 Å². The van der Waals surface area contributed by atoms with Gasteiger partial charge in [-0.05, 0) is 25.1 Å². The first kappa shape index (κ1) is 20.0. The molecule has 0 saturated carbocycles. The Bertz CT molecular complexity index is 1160. The lowest BCUT2D eigenvalue weighted by atomic mass is 9.84. The maximum absolute atomic E-state index is 14.8. The van der Waals surface area contributed by atoms with E-state index >= 15 is 0 Å². The van der Waals surface area contributed by atoms with E-state index in [4.69, 9.17) is 22.6 Å². The molecule has 4 rings (SSSR count). The second-order valence-corrected chi connectivity index (χ2v) is 7.37. The van der Waals surface area contributed by atoms with E-state index in [1.165, 1.54) is 18.3 Å². The van der Waals surface area contributed by atoms with Crippen LogP contribution in [0.4, 0.5) is 18.9 Å². The standard InChI is InChI=1S/C19H14ClF3N6O/c1-18(19(22,23)8-30-17(25)29-18)11-4-14-10(3-13(11)21)7-27-16(28-14)15-12(20)2-9(5-24)6-26-15/h2-4,6H,7-8H2,1H3,(H2,25,29)(H,27,28)/t18-/m1/s1. The first-order valence-corrected chi connectivity index (χ1v) is 9.09. The maximum atomic E-state index is 14.8. The quantitative estimate of drug-likeness (QED) is 0.753.